The average molecular weight is 307 g/mol. The third kappa shape index (κ3) is 3.34. The summed E-state index contributed by atoms with van der Waals surface area (Å²) in [6.45, 7) is 0. The smallest absolute Gasteiger partial charge is 0.230 e. The summed E-state index contributed by atoms with van der Waals surface area (Å²) < 4.78 is 30.7. The Morgan fingerprint density at radius 2 is 2.25 bits per heavy atom. The maximum atomic E-state index is 11.0. The Morgan fingerprint density at radius 1 is 1.56 bits per heavy atom. The highest BCUT2D eigenvalue weighted by Crippen LogP contribution is 2.33. The molecule has 88 valence electrons. The van der Waals surface area contributed by atoms with E-state index >= 15 is 0 Å². The monoisotopic (exact) mass is 306 g/mol. The maximum absolute atomic E-state index is 11.0. The van der Waals surface area contributed by atoms with Gasteiger partial charge in [0.1, 0.15) is 11.6 Å². The van der Waals surface area contributed by atoms with Crippen LogP contribution < -0.4 is 9.46 Å². The van der Waals surface area contributed by atoms with Gasteiger partial charge in [-0.3, -0.25) is 4.72 Å². The van der Waals surface area contributed by atoms with E-state index in [4.69, 9.17) is 4.74 Å². The Kier molecular flexibility index (Phi) is 3.07. The highest BCUT2D eigenvalue weighted by Gasteiger charge is 2.24. The lowest BCUT2D eigenvalue weighted by Gasteiger charge is -2.09. The largest absolute Gasteiger partial charge is 0.489 e. The lowest BCUT2D eigenvalue weighted by atomic mass is 10.4. The molecular formula is C9H11BrN2O3S. The number of anilines is 1. The summed E-state index contributed by atoms with van der Waals surface area (Å²) in [4.78, 5) is 3.93. The van der Waals surface area contributed by atoms with Gasteiger partial charge < -0.3 is 4.74 Å². The minimum Gasteiger partial charge on any atom is -0.489 e. The van der Waals surface area contributed by atoms with Gasteiger partial charge in [0.25, 0.3) is 0 Å². The number of nitrogens with one attached hydrogen (secondary N) is 1. The standard InChI is InChI=1S/C9H11BrN2O3S/c1-16(13,14)12-9-4-8(7(10)5-11-9)15-6-2-3-6/h4-6H,2-3H2,1H3,(H,11,12). The molecule has 0 unspecified atom stereocenters. The van der Waals surface area contributed by atoms with Crippen molar-refractivity contribution >= 4 is 31.8 Å². The summed E-state index contributed by atoms with van der Waals surface area (Å²) in [7, 11) is -3.30. The first kappa shape index (κ1) is 11.7. The first-order valence-electron chi connectivity index (χ1n) is 4.74. The van der Waals surface area contributed by atoms with Gasteiger partial charge in [-0.05, 0) is 28.8 Å². The van der Waals surface area contributed by atoms with Crippen molar-refractivity contribution in [3.8, 4) is 5.75 Å². The number of sulfonamides is 1. The predicted octanol–water partition coefficient (Wildman–Crippen LogP) is 1.76. The van der Waals surface area contributed by atoms with Crippen molar-refractivity contribution in [3.63, 3.8) is 0 Å². The zero-order valence-corrected chi connectivity index (χ0v) is 11.0. The Bertz CT molecular complexity index is 499. The van der Waals surface area contributed by atoms with E-state index < -0.39 is 10.0 Å². The van der Waals surface area contributed by atoms with Crippen LogP contribution in [0.2, 0.25) is 0 Å². The fourth-order valence-electron chi connectivity index (χ4n) is 1.12. The van der Waals surface area contributed by atoms with Gasteiger partial charge in [0.05, 0.1) is 16.8 Å². The normalized spacial score (nSPS) is 15.9. The fraction of sp³-hybridized carbons (Fsp3) is 0.444. The van der Waals surface area contributed by atoms with Crippen LogP contribution in [-0.4, -0.2) is 25.8 Å². The zero-order valence-electron chi connectivity index (χ0n) is 8.60. The summed E-state index contributed by atoms with van der Waals surface area (Å²) >= 11 is 3.30. The molecule has 0 radical (unpaired) electrons. The van der Waals surface area contributed by atoms with Crippen molar-refractivity contribution in [2.45, 2.75) is 18.9 Å². The lowest BCUT2D eigenvalue weighted by molar-refractivity contribution is 0.301. The van der Waals surface area contributed by atoms with Crippen LogP contribution in [0.4, 0.5) is 5.82 Å². The summed E-state index contributed by atoms with van der Waals surface area (Å²) in [5.74, 6) is 0.880. The molecule has 2 rings (SSSR count). The summed E-state index contributed by atoms with van der Waals surface area (Å²) in [5.41, 5.74) is 0. The summed E-state index contributed by atoms with van der Waals surface area (Å²) in [5, 5.41) is 0. The Morgan fingerprint density at radius 3 is 2.81 bits per heavy atom. The van der Waals surface area contributed by atoms with E-state index in [9.17, 15) is 8.42 Å². The molecule has 7 heteroatoms. The molecule has 0 aromatic carbocycles. The second kappa shape index (κ2) is 4.21. The quantitative estimate of drug-likeness (QED) is 0.920. The number of rotatable bonds is 4. The van der Waals surface area contributed by atoms with Gasteiger partial charge in [-0.1, -0.05) is 0 Å². The third-order valence-corrected chi connectivity index (χ3v) is 3.10. The molecule has 1 aromatic rings. The Hall–Kier alpha value is -0.820. The number of halogens is 1. The van der Waals surface area contributed by atoms with E-state index in [-0.39, 0.29) is 11.9 Å². The average Bonchev–Trinajstić information content (AvgIpc) is 2.92. The van der Waals surface area contributed by atoms with E-state index in [1.165, 1.54) is 6.20 Å². The number of ether oxygens (including phenoxy) is 1. The summed E-state index contributed by atoms with van der Waals surface area (Å²) in [6.07, 6.45) is 4.95. The molecule has 0 atom stereocenters. The topological polar surface area (TPSA) is 68.3 Å². The van der Waals surface area contributed by atoms with Crippen LogP contribution in [0.15, 0.2) is 16.7 Å². The molecule has 0 spiro atoms. The minimum absolute atomic E-state index is 0.254. The molecule has 1 N–H and O–H groups in total. The molecule has 1 saturated carbocycles. The molecule has 1 aliphatic carbocycles. The van der Waals surface area contributed by atoms with Gasteiger partial charge in [-0.25, -0.2) is 13.4 Å². The zero-order chi connectivity index (χ0) is 11.8. The van der Waals surface area contributed by atoms with Crippen LogP contribution >= 0.6 is 15.9 Å². The van der Waals surface area contributed by atoms with E-state index in [0.29, 0.717) is 5.75 Å². The number of pyridine rings is 1. The van der Waals surface area contributed by atoms with Crippen molar-refractivity contribution in [2.75, 3.05) is 11.0 Å². The molecule has 0 amide bonds. The van der Waals surface area contributed by atoms with Gasteiger partial charge in [0.2, 0.25) is 10.0 Å². The first-order valence-corrected chi connectivity index (χ1v) is 7.42. The highest BCUT2D eigenvalue weighted by molar-refractivity contribution is 9.10. The Balaban J connectivity index is 2.20. The number of nitrogens with zero attached hydrogens (tertiary/aromatic N) is 1. The van der Waals surface area contributed by atoms with Crippen LogP contribution in [-0.2, 0) is 10.0 Å². The van der Waals surface area contributed by atoms with Crippen molar-refractivity contribution in [2.24, 2.45) is 0 Å². The van der Waals surface area contributed by atoms with Gasteiger partial charge in [0.15, 0.2) is 0 Å². The SMILES string of the molecule is CS(=O)(=O)Nc1cc(OC2CC2)c(Br)cn1. The highest BCUT2D eigenvalue weighted by atomic mass is 79.9. The lowest BCUT2D eigenvalue weighted by Crippen LogP contribution is -2.11. The fourth-order valence-corrected chi connectivity index (χ4v) is 1.92. The number of hydrogen-bond donors (Lipinski definition) is 1. The molecule has 0 saturated heterocycles. The molecule has 0 bridgehead atoms. The molecule has 1 heterocycles. The second-order valence-electron chi connectivity index (χ2n) is 3.69. The molecular weight excluding hydrogens is 296 g/mol. The van der Waals surface area contributed by atoms with Crippen LogP contribution in [0.3, 0.4) is 0 Å². The Labute approximate surface area is 102 Å². The van der Waals surface area contributed by atoms with Crippen LogP contribution in [0.5, 0.6) is 5.75 Å². The molecule has 1 aliphatic rings. The molecule has 1 fully saturated rings. The van der Waals surface area contributed by atoms with Crippen molar-refractivity contribution < 1.29 is 13.2 Å². The second-order valence-corrected chi connectivity index (χ2v) is 6.29. The first-order chi connectivity index (χ1) is 7.44. The molecule has 1 aromatic heterocycles. The third-order valence-electron chi connectivity index (χ3n) is 1.93. The molecule has 5 nitrogen and oxygen atoms in total. The van der Waals surface area contributed by atoms with E-state index in [1.54, 1.807) is 6.07 Å². The van der Waals surface area contributed by atoms with Gasteiger partial charge in [0, 0.05) is 12.3 Å². The summed E-state index contributed by atoms with van der Waals surface area (Å²) in [6, 6.07) is 1.57. The van der Waals surface area contributed by atoms with E-state index in [1.807, 2.05) is 0 Å². The van der Waals surface area contributed by atoms with Crippen LogP contribution in [0.1, 0.15) is 12.8 Å². The van der Waals surface area contributed by atoms with Gasteiger partial charge in [-0.15, -0.1) is 0 Å². The van der Waals surface area contributed by atoms with Crippen molar-refractivity contribution in [3.05, 3.63) is 16.7 Å². The minimum atomic E-state index is -3.30. The van der Waals surface area contributed by atoms with Crippen LogP contribution in [0, 0.1) is 0 Å². The predicted molar refractivity (Wildman–Crippen MR) is 64.1 cm³/mol. The molecule has 0 aliphatic heterocycles. The van der Waals surface area contributed by atoms with Gasteiger partial charge in [-0.2, -0.15) is 0 Å². The van der Waals surface area contributed by atoms with E-state index in [2.05, 4.69) is 25.6 Å². The van der Waals surface area contributed by atoms with E-state index in [0.717, 1.165) is 23.6 Å². The van der Waals surface area contributed by atoms with Crippen molar-refractivity contribution in [1.82, 2.24) is 4.98 Å². The molecule has 16 heavy (non-hydrogen) atoms. The maximum Gasteiger partial charge on any atom is 0.230 e. The number of aromatic nitrogens is 1. The van der Waals surface area contributed by atoms with Gasteiger partial charge >= 0.3 is 0 Å². The van der Waals surface area contributed by atoms with Crippen LogP contribution in [0.25, 0.3) is 0 Å². The van der Waals surface area contributed by atoms with Crippen molar-refractivity contribution in [1.29, 1.82) is 0 Å². The number of hydrogen-bond acceptors (Lipinski definition) is 4.